The van der Waals surface area contributed by atoms with Gasteiger partial charge in [-0.1, -0.05) is 49.9 Å². The minimum atomic E-state index is -1.66. The molecule has 0 aliphatic heterocycles. The second-order valence-corrected chi connectivity index (χ2v) is 11.5. The van der Waals surface area contributed by atoms with Gasteiger partial charge in [-0.05, 0) is 56.8 Å². The number of rotatable bonds is 21. The van der Waals surface area contributed by atoms with Gasteiger partial charge in [0, 0.05) is 19.6 Å². The summed E-state index contributed by atoms with van der Waals surface area (Å²) in [5.41, 5.74) is 13.0. The number of nitrogens with one attached hydrogen (secondary N) is 1. The fourth-order valence-electron chi connectivity index (χ4n) is 4.58. The van der Waals surface area contributed by atoms with Crippen molar-refractivity contribution in [3.8, 4) is 5.75 Å². The van der Waals surface area contributed by atoms with E-state index in [-0.39, 0.29) is 29.2 Å². The maximum atomic E-state index is 12.4. The number of hydrogen-bond acceptors (Lipinski definition) is 12. The molecular weight excluding hydrogens is 618 g/mol. The molecule has 2 aromatic rings. The average molecular weight is 668 g/mol. The Hall–Kier alpha value is -3.11. The van der Waals surface area contributed by atoms with Crippen molar-refractivity contribution in [2.24, 2.45) is 10.7 Å². The van der Waals surface area contributed by atoms with E-state index in [9.17, 15) is 25.2 Å². The molecule has 258 valence electrons. The van der Waals surface area contributed by atoms with E-state index in [0.717, 1.165) is 50.5 Å². The lowest BCUT2D eigenvalue weighted by Gasteiger charge is -2.30. The number of hydrogen-bond donors (Lipinski definition) is 8. The molecule has 4 unspecified atom stereocenters. The number of carbonyl (C=O) groups excluding carboxylic acids is 1. The number of aliphatic hydroxyl groups excluding tert-OH is 5. The number of nitrogens with two attached hydrogens (primary N) is 2. The highest BCUT2D eigenvalue weighted by atomic mass is 35.5. The molecule has 1 aromatic heterocycles. The first kappa shape index (κ1) is 39.1. The van der Waals surface area contributed by atoms with E-state index in [4.69, 9.17) is 32.9 Å². The third-order valence-electron chi connectivity index (χ3n) is 7.35. The third kappa shape index (κ3) is 13.7. The summed E-state index contributed by atoms with van der Waals surface area (Å²) in [6.07, 6.45) is 0.439. The number of aliphatic imine (C=N–C) groups is 1. The van der Waals surface area contributed by atoms with Crippen molar-refractivity contribution < 1.29 is 35.1 Å². The Labute approximate surface area is 275 Å². The van der Waals surface area contributed by atoms with E-state index in [1.54, 1.807) is 6.92 Å². The number of guanidine groups is 1. The lowest BCUT2D eigenvalue weighted by atomic mass is 10.0. The number of benzene rings is 1. The molecule has 1 heterocycles. The minimum Gasteiger partial charge on any atom is -0.492 e. The van der Waals surface area contributed by atoms with Gasteiger partial charge >= 0.3 is 0 Å². The summed E-state index contributed by atoms with van der Waals surface area (Å²) in [5, 5.41) is 51.8. The smallest absolute Gasteiger partial charge is 0.280 e. The van der Waals surface area contributed by atoms with Crippen LogP contribution in [0.4, 0.5) is 5.82 Å². The Morgan fingerprint density at radius 1 is 1.02 bits per heavy atom. The highest BCUT2D eigenvalue weighted by Gasteiger charge is 2.31. The van der Waals surface area contributed by atoms with Gasteiger partial charge in [0.05, 0.1) is 18.4 Å². The van der Waals surface area contributed by atoms with Gasteiger partial charge in [-0.15, -0.1) is 0 Å². The van der Waals surface area contributed by atoms with E-state index < -0.39 is 36.9 Å². The number of nitrogens with zero attached hydrogens (tertiary/aromatic N) is 4. The predicted molar refractivity (Wildman–Crippen MR) is 177 cm³/mol. The van der Waals surface area contributed by atoms with Crippen molar-refractivity contribution in [2.75, 3.05) is 45.1 Å². The first-order valence-electron chi connectivity index (χ1n) is 15.6. The molecule has 0 saturated heterocycles. The fourth-order valence-corrected chi connectivity index (χ4v) is 4.70. The minimum absolute atomic E-state index is 0.0473. The van der Waals surface area contributed by atoms with Crippen molar-refractivity contribution in [1.82, 2.24) is 20.2 Å². The third-order valence-corrected chi connectivity index (χ3v) is 7.71. The van der Waals surface area contributed by atoms with E-state index in [1.807, 2.05) is 29.2 Å². The number of ether oxygens (including phenoxy) is 1. The van der Waals surface area contributed by atoms with Crippen LogP contribution in [0, 0.1) is 6.92 Å². The molecule has 0 saturated carbocycles. The Morgan fingerprint density at radius 2 is 1.72 bits per heavy atom. The standard InChI is InChI=1S/C31H50ClN7O7/c1-3-4-5-8-15-39(18-23(41)26(43)27(44)24(42)19-40)16-17-46-22-12-10-21(11-13-22)9-6-7-14-35-31(34)38-30(45)25-29(33)36-20(2)28(32)37-25/h10-13,23-24,26-27,40-44H,3-9,14-19H2,1-2H3,(H2,33,36)(H3,34,35,38,45). The van der Waals surface area contributed by atoms with Crippen molar-refractivity contribution in [2.45, 2.75) is 83.2 Å². The van der Waals surface area contributed by atoms with Crippen LogP contribution in [0.2, 0.25) is 5.15 Å². The summed E-state index contributed by atoms with van der Waals surface area (Å²) in [6, 6.07) is 7.76. The van der Waals surface area contributed by atoms with Crippen molar-refractivity contribution >= 4 is 29.3 Å². The molecule has 14 nitrogen and oxygen atoms in total. The number of aryl methyl sites for hydroxylation is 2. The van der Waals surface area contributed by atoms with Crippen LogP contribution in [0.15, 0.2) is 29.3 Å². The van der Waals surface area contributed by atoms with Gasteiger partial charge in [-0.3, -0.25) is 20.0 Å². The molecule has 1 amide bonds. The summed E-state index contributed by atoms with van der Waals surface area (Å²) >= 11 is 5.93. The van der Waals surface area contributed by atoms with Gasteiger partial charge in [0.25, 0.3) is 5.91 Å². The zero-order valence-corrected chi connectivity index (χ0v) is 27.4. The second-order valence-electron chi connectivity index (χ2n) is 11.2. The summed E-state index contributed by atoms with van der Waals surface area (Å²) in [6.45, 7) is 5.05. The fraction of sp³-hybridized carbons (Fsp3) is 0.613. The quantitative estimate of drug-likeness (QED) is 0.0524. The monoisotopic (exact) mass is 667 g/mol. The topological polar surface area (TPSA) is 233 Å². The van der Waals surface area contributed by atoms with E-state index in [2.05, 4.69) is 27.2 Å². The zero-order valence-electron chi connectivity index (χ0n) is 26.7. The summed E-state index contributed by atoms with van der Waals surface area (Å²) in [5.74, 6) is -0.0342. The molecule has 46 heavy (non-hydrogen) atoms. The largest absolute Gasteiger partial charge is 0.492 e. The van der Waals surface area contributed by atoms with Crippen LogP contribution in [0.5, 0.6) is 5.75 Å². The van der Waals surface area contributed by atoms with Crippen molar-refractivity contribution in [3.05, 3.63) is 46.4 Å². The molecule has 0 fully saturated rings. The Balaban J connectivity index is 1.76. The number of carbonyl (C=O) groups is 1. The summed E-state index contributed by atoms with van der Waals surface area (Å²) < 4.78 is 5.92. The average Bonchev–Trinajstić information content (AvgIpc) is 3.03. The van der Waals surface area contributed by atoms with Crippen LogP contribution in [0.3, 0.4) is 0 Å². The van der Waals surface area contributed by atoms with Crippen molar-refractivity contribution in [1.29, 1.82) is 0 Å². The Kier molecular flexibility index (Phi) is 17.8. The highest BCUT2D eigenvalue weighted by Crippen LogP contribution is 2.16. The van der Waals surface area contributed by atoms with Gasteiger partial charge in [-0.2, -0.15) is 0 Å². The number of halogens is 1. The van der Waals surface area contributed by atoms with E-state index >= 15 is 0 Å². The van der Waals surface area contributed by atoms with Gasteiger partial charge < -0.3 is 41.7 Å². The molecule has 0 aliphatic carbocycles. The lowest BCUT2D eigenvalue weighted by Crippen LogP contribution is -2.50. The van der Waals surface area contributed by atoms with E-state index in [1.165, 1.54) is 0 Å². The number of nitrogen functional groups attached to an aromatic ring is 1. The molecule has 10 N–H and O–H groups in total. The first-order chi connectivity index (χ1) is 22.0. The number of amides is 1. The van der Waals surface area contributed by atoms with Crippen LogP contribution in [0.1, 0.15) is 67.2 Å². The Bertz CT molecular complexity index is 1220. The van der Waals surface area contributed by atoms with Crippen LogP contribution < -0.4 is 21.5 Å². The van der Waals surface area contributed by atoms with Gasteiger partial charge in [0.2, 0.25) is 0 Å². The molecule has 0 aliphatic rings. The SMILES string of the molecule is CCCCCCN(CCOc1ccc(CCCCN=C(N)NC(=O)c2nc(Cl)c(C)nc2N)cc1)CC(O)C(O)C(O)C(O)CO. The Morgan fingerprint density at radius 3 is 2.39 bits per heavy atom. The van der Waals surface area contributed by atoms with Gasteiger partial charge in [0.15, 0.2) is 22.6 Å². The van der Waals surface area contributed by atoms with Crippen molar-refractivity contribution in [3.63, 3.8) is 0 Å². The van der Waals surface area contributed by atoms with Crippen LogP contribution in [0.25, 0.3) is 0 Å². The molecule has 0 radical (unpaired) electrons. The normalized spacial score (nSPS) is 14.6. The molecule has 1 aromatic carbocycles. The van der Waals surface area contributed by atoms with Crippen LogP contribution in [-0.2, 0) is 6.42 Å². The number of unbranched alkanes of at least 4 members (excludes halogenated alkanes) is 4. The van der Waals surface area contributed by atoms with Gasteiger partial charge in [-0.25, -0.2) is 9.97 Å². The number of anilines is 1. The van der Waals surface area contributed by atoms with E-state index in [0.29, 0.717) is 37.7 Å². The second kappa shape index (κ2) is 20.9. The first-order valence-corrected chi connectivity index (χ1v) is 16.0. The number of aromatic nitrogens is 2. The van der Waals surface area contributed by atoms with Crippen LogP contribution >= 0.6 is 11.6 Å². The molecule has 0 spiro atoms. The zero-order chi connectivity index (χ0) is 34.1. The molecule has 4 atom stereocenters. The van der Waals surface area contributed by atoms with Crippen LogP contribution in [-0.4, -0.2) is 116 Å². The maximum absolute atomic E-state index is 12.4. The van der Waals surface area contributed by atoms with Gasteiger partial charge in [0.1, 0.15) is 30.7 Å². The summed E-state index contributed by atoms with van der Waals surface area (Å²) in [7, 11) is 0. The molecular formula is C31H50ClN7O7. The highest BCUT2D eigenvalue weighted by molar-refractivity contribution is 6.30. The maximum Gasteiger partial charge on any atom is 0.280 e. The molecule has 2 rings (SSSR count). The lowest BCUT2D eigenvalue weighted by molar-refractivity contribution is -0.119. The number of aliphatic hydroxyl groups is 5. The molecule has 15 heteroatoms. The summed E-state index contributed by atoms with van der Waals surface area (Å²) in [4.78, 5) is 26.4. The predicted octanol–water partition coefficient (Wildman–Crippen LogP) is 0.785. The molecule has 0 bridgehead atoms.